The SMILES string of the molecule is COC(=O)c1cc2c(OCc3ccc(OC)cc3)cc(C(N)=O)cc2[nH]1. The molecule has 1 heterocycles. The number of aromatic nitrogens is 1. The maximum absolute atomic E-state index is 11.8. The molecule has 0 spiro atoms. The minimum absolute atomic E-state index is 0.262. The molecule has 3 aromatic rings. The second-order valence-corrected chi connectivity index (χ2v) is 5.61. The number of esters is 1. The number of H-pyrrole nitrogens is 1. The lowest BCUT2D eigenvalue weighted by Crippen LogP contribution is -2.11. The molecule has 1 aromatic heterocycles. The number of hydrogen-bond donors (Lipinski definition) is 2. The van der Waals surface area contributed by atoms with Crippen molar-refractivity contribution in [3.63, 3.8) is 0 Å². The van der Waals surface area contributed by atoms with Gasteiger partial charge in [0.25, 0.3) is 0 Å². The molecule has 0 saturated carbocycles. The summed E-state index contributed by atoms with van der Waals surface area (Å²) in [6.45, 7) is 0.278. The summed E-state index contributed by atoms with van der Waals surface area (Å²) in [6.07, 6.45) is 0. The summed E-state index contributed by atoms with van der Waals surface area (Å²) in [7, 11) is 2.89. The van der Waals surface area contributed by atoms with E-state index in [0.29, 0.717) is 16.7 Å². The fourth-order valence-electron chi connectivity index (χ4n) is 2.57. The summed E-state index contributed by atoms with van der Waals surface area (Å²) in [6, 6.07) is 12.2. The van der Waals surface area contributed by atoms with Gasteiger partial charge >= 0.3 is 5.97 Å². The number of fused-ring (bicyclic) bond motifs is 1. The molecule has 7 heteroatoms. The van der Waals surface area contributed by atoms with Crippen LogP contribution < -0.4 is 15.2 Å². The zero-order valence-corrected chi connectivity index (χ0v) is 14.4. The molecule has 0 aliphatic carbocycles. The lowest BCUT2D eigenvalue weighted by molar-refractivity contribution is 0.0595. The second kappa shape index (κ2) is 7.18. The first-order valence-electron chi connectivity index (χ1n) is 7.82. The number of rotatable bonds is 6. The summed E-state index contributed by atoms with van der Waals surface area (Å²) in [4.78, 5) is 26.3. The Balaban J connectivity index is 1.94. The Labute approximate surface area is 149 Å². The van der Waals surface area contributed by atoms with Gasteiger partial charge in [0.05, 0.1) is 19.7 Å². The molecule has 2 aromatic carbocycles. The Bertz CT molecular complexity index is 960. The third-order valence-corrected chi connectivity index (χ3v) is 3.94. The van der Waals surface area contributed by atoms with Crippen LogP contribution in [0.1, 0.15) is 26.4 Å². The molecule has 0 aliphatic heterocycles. The van der Waals surface area contributed by atoms with Crippen molar-refractivity contribution < 1.29 is 23.8 Å². The van der Waals surface area contributed by atoms with Gasteiger partial charge < -0.3 is 24.9 Å². The van der Waals surface area contributed by atoms with Crippen LogP contribution >= 0.6 is 0 Å². The fourth-order valence-corrected chi connectivity index (χ4v) is 2.57. The number of nitrogens with one attached hydrogen (secondary N) is 1. The number of hydrogen-bond acceptors (Lipinski definition) is 5. The van der Waals surface area contributed by atoms with Crippen molar-refractivity contribution in [2.24, 2.45) is 5.73 Å². The molecular formula is C19H18N2O5. The normalized spacial score (nSPS) is 10.5. The highest BCUT2D eigenvalue weighted by Gasteiger charge is 2.15. The van der Waals surface area contributed by atoms with Crippen LogP contribution in [0.2, 0.25) is 0 Å². The number of ether oxygens (including phenoxy) is 3. The molecule has 7 nitrogen and oxygen atoms in total. The highest BCUT2D eigenvalue weighted by atomic mass is 16.5. The van der Waals surface area contributed by atoms with Crippen molar-refractivity contribution in [3.05, 3.63) is 59.3 Å². The standard InChI is InChI=1S/C19H18N2O5/c1-24-13-5-3-11(4-6-13)10-26-17-8-12(18(20)22)7-15-14(17)9-16(21-15)19(23)25-2/h3-9,21H,10H2,1-2H3,(H2,20,22). The van der Waals surface area contributed by atoms with Gasteiger partial charge in [-0.05, 0) is 35.9 Å². The van der Waals surface area contributed by atoms with Gasteiger partial charge in [0, 0.05) is 10.9 Å². The van der Waals surface area contributed by atoms with E-state index in [-0.39, 0.29) is 17.9 Å². The van der Waals surface area contributed by atoms with Crippen LogP contribution in [0.25, 0.3) is 10.9 Å². The Morgan fingerprint density at radius 2 is 1.81 bits per heavy atom. The molecule has 0 radical (unpaired) electrons. The van der Waals surface area contributed by atoms with E-state index in [1.165, 1.54) is 7.11 Å². The van der Waals surface area contributed by atoms with E-state index >= 15 is 0 Å². The van der Waals surface area contributed by atoms with E-state index in [9.17, 15) is 9.59 Å². The molecule has 3 N–H and O–H groups in total. The first kappa shape index (κ1) is 17.3. The fraction of sp³-hybridized carbons (Fsp3) is 0.158. The lowest BCUT2D eigenvalue weighted by Gasteiger charge is -2.09. The van der Waals surface area contributed by atoms with Gasteiger partial charge in [0.2, 0.25) is 5.91 Å². The first-order chi connectivity index (χ1) is 12.5. The van der Waals surface area contributed by atoms with Crippen molar-refractivity contribution in [2.45, 2.75) is 6.61 Å². The number of carbonyl (C=O) groups is 2. The molecular weight excluding hydrogens is 336 g/mol. The third kappa shape index (κ3) is 3.46. The first-order valence-corrected chi connectivity index (χ1v) is 7.82. The topological polar surface area (TPSA) is 104 Å². The number of methoxy groups -OCH3 is 2. The average Bonchev–Trinajstić information content (AvgIpc) is 3.10. The van der Waals surface area contributed by atoms with E-state index in [1.807, 2.05) is 24.3 Å². The third-order valence-electron chi connectivity index (χ3n) is 3.94. The van der Waals surface area contributed by atoms with E-state index in [0.717, 1.165) is 11.3 Å². The number of amides is 1. The largest absolute Gasteiger partial charge is 0.497 e. The van der Waals surface area contributed by atoms with Crippen molar-refractivity contribution in [1.82, 2.24) is 4.98 Å². The van der Waals surface area contributed by atoms with Crippen molar-refractivity contribution in [3.8, 4) is 11.5 Å². The Hall–Kier alpha value is -3.48. The number of benzene rings is 2. The van der Waals surface area contributed by atoms with E-state index in [4.69, 9.17) is 19.9 Å². The van der Waals surface area contributed by atoms with Crippen LogP contribution in [0.15, 0.2) is 42.5 Å². The van der Waals surface area contributed by atoms with Gasteiger partial charge in [-0.1, -0.05) is 12.1 Å². The summed E-state index contributed by atoms with van der Waals surface area (Å²) in [5.74, 6) is 0.0945. The summed E-state index contributed by atoms with van der Waals surface area (Å²) >= 11 is 0. The van der Waals surface area contributed by atoms with Gasteiger partial charge in [-0.25, -0.2) is 4.79 Å². The van der Waals surface area contributed by atoms with Crippen molar-refractivity contribution in [1.29, 1.82) is 0 Å². The Morgan fingerprint density at radius 3 is 2.42 bits per heavy atom. The predicted octanol–water partition coefficient (Wildman–Crippen LogP) is 2.64. The molecule has 0 saturated heterocycles. The van der Waals surface area contributed by atoms with Gasteiger partial charge in [-0.2, -0.15) is 0 Å². The minimum Gasteiger partial charge on any atom is -0.497 e. The molecule has 1 amide bonds. The van der Waals surface area contributed by atoms with E-state index in [1.54, 1.807) is 25.3 Å². The molecule has 0 bridgehead atoms. The van der Waals surface area contributed by atoms with Crippen LogP contribution in [0.3, 0.4) is 0 Å². The molecule has 3 rings (SSSR count). The zero-order chi connectivity index (χ0) is 18.7. The van der Waals surface area contributed by atoms with Crippen LogP contribution in [-0.2, 0) is 11.3 Å². The highest BCUT2D eigenvalue weighted by molar-refractivity contribution is 6.02. The highest BCUT2D eigenvalue weighted by Crippen LogP contribution is 2.29. The summed E-state index contributed by atoms with van der Waals surface area (Å²) in [5.41, 5.74) is 7.42. The second-order valence-electron chi connectivity index (χ2n) is 5.61. The van der Waals surface area contributed by atoms with Gasteiger partial charge in [0.15, 0.2) is 0 Å². The van der Waals surface area contributed by atoms with Gasteiger partial charge in [-0.15, -0.1) is 0 Å². The van der Waals surface area contributed by atoms with Crippen LogP contribution in [0, 0.1) is 0 Å². The monoisotopic (exact) mass is 354 g/mol. The van der Waals surface area contributed by atoms with E-state index in [2.05, 4.69) is 4.98 Å². The molecule has 0 atom stereocenters. The predicted molar refractivity (Wildman–Crippen MR) is 95.5 cm³/mol. The Kier molecular flexibility index (Phi) is 4.79. The van der Waals surface area contributed by atoms with Crippen LogP contribution in [0.5, 0.6) is 11.5 Å². The lowest BCUT2D eigenvalue weighted by atomic mass is 10.1. The molecule has 134 valence electrons. The van der Waals surface area contributed by atoms with Gasteiger partial charge in [0.1, 0.15) is 23.8 Å². The summed E-state index contributed by atoms with van der Waals surface area (Å²) in [5, 5.41) is 0.656. The molecule has 26 heavy (non-hydrogen) atoms. The number of aromatic amines is 1. The molecule has 0 fully saturated rings. The smallest absolute Gasteiger partial charge is 0.354 e. The number of primary amides is 1. The maximum atomic E-state index is 11.8. The van der Waals surface area contributed by atoms with Crippen LogP contribution in [-0.4, -0.2) is 31.1 Å². The minimum atomic E-state index is -0.588. The average molecular weight is 354 g/mol. The number of nitrogens with two attached hydrogens (primary N) is 1. The maximum Gasteiger partial charge on any atom is 0.354 e. The summed E-state index contributed by atoms with van der Waals surface area (Å²) < 4.78 is 15.7. The van der Waals surface area contributed by atoms with Gasteiger partial charge in [-0.3, -0.25) is 4.79 Å². The quantitative estimate of drug-likeness (QED) is 0.662. The van der Waals surface area contributed by atoms with Crippen molar-refractivity contribution in [2.75, 3.05) is 14.2 Å². The Morgan fingerprint density at radius 1 is 1.08 bits per heavy atom. The number of carbonyl (C=O) groups excluding carboxylic acids is 2. The zero-order valence-electron chi connectivity index (χ0n) is 14.4. The van der Waals surface area contributed by atoms with Crippen molar-refractivity contribution >= 4 is 22.8 Å². The van der Waals surface area contributed by atoms with E-state index < -0.39 is 11.9 Å². The van der Waals surface area contributed by atoms with Crippen LogP contribution in [0.4, 0.5) is 0 Å². The molecule has 0 aliphatic rings. The molecule has 0 unspecified atom stereocenters.